The SMILES string of the molecule is COC1c2cc(C)ccc2N=CC1(c1ccccc1)c1ccccc1. The maximum Gasteiger partial charge on any atom is 0.103 e. The molecule has 0 fully saturated rings. The zero-order valence-corrected chi connectivity index (χ0v) is 14.5. The molecule has 124 valence electrons. The third-order valence-electron chi connectivity index (χ3n) is 5.02. The highest BCUT2D eigenvalue weighted by Crippen LogP contribution is 2.49. The van der Waals surface area contributed by atoms with Crippen LogP contribution < -0.4 is 0 Å². The number of nitrogens with zero attached hydrogens (tertiary/aromatic N) is 1. The van der Waals surface area contributed by atoms with Crippen LogP contribution in [0.4, 0.5) is 5.69 Å². The van der Waals surface area contributed by atoms with Gasteiger partial charge in [-0.15, -0.1) is 0 Å². The van der Waals surface area contributed by atoms with Gasteiger partial charge >= 0.3 is 0 Å². The highest BCUT2D eigenvalue weighted by molar-refractivity contribution is 5.86. The lowest BCUT2D eigenvalue weighted by molar-refractivity contribution is 0.0714. The Hall–Kier alpha value is -2.71. The van der Waals surface area contributed by atoms with Gasteiger partial charge in [0, 0.05) is 18.9 Å². The lowest BCUT2D eigenvalue weighted by atomic mass is 9.67. The Kier molecular flexibility index (Phi) is 3.98. The van der Waals surface area contributed by atoms with E-state index in [0.29, 0.717) is 0 Å². The Morgan fingerprint density at radius 3 is 2.00 bits per heavy atom. The van der Waals surface area contributed by atoms with Gasteiger partial charge in [0.15, 0.2) is 0 Å². The molecule has 0 spiro atoms. The van der Waals surface area contributed by atoms with E-state index in [1.165, 1.54) is 16.7 Å². The molecule has 0 aliphatic carbocycles. The van der Waals surface area contributed by atoms with E-state index in [4.69, 9.17) is 9.73 Å². The Balaban J connectivity index is 2.02. The molecular weight excluding hydrogens is 306 g/mol. The fourth-order valence-electron chi connectivity index (χ4n) is 3.85. The van der Waals surface area contributed by atoms with Crippen LogP contribution >= 0.6 is 0 Å². The van der Waals surface area contributed by atoms with Gasteiger partial charge in [-0.3, -0.25) is 4.99 Å². The number of aryl methyl sites for hydroxylation is 1. The second-order valence-corrected chi connectivity index (χ2v) is 6.54. The van der Waals surface area contributed by atoms with E-state index in [1.54, 1.807) is 7.11 Å². The molecule has 3 aromatic carbocycles. The van der Waals surface area contributed by atoms with Gasteiger partial charge in [0.1, 0.15) is 6.10 Å². The van der Waals surface area contributed by atoms with Crippen molar-refractivity contribution in [2.24, 2.45) is 4.99 Å². The summed E-state index contributed by atoms with van der Waals surface area (Å²) in [5, 5.41) is 0. The molecule has 0 saturated heterocycles. The minimum atomic E-state index is -0.446. The van der Waals surface area contributed by atoms with Crippen LogP contribution in [0.2, 0.25) is 0 Å². The van der Waals surface area contributed by atoms with E-state index in [9.17, 15) is 0 Å². The fourth-order valence-corrected chi connectivity index (χ4v) is 3.85. The molecule has 2 heteroatoms. The first-order chi connectivity index (χ1) is 12.3. The predicted molar refractivity (Wildman–Crippen MR) is 103 cm³/mol. The molecule has 1 aliphatic rings. The van der Waals surface area contributed by atoms with Crippen LogP contribution in [0.1, 0.15) is 28.4 Å². The van der Waals surface area contributed by atoms with Gasteiger partial charge in [-0.25, -0.2) is 0 Å². The molecule has 0 radical (unpaired) electrons. The van der Waals surface area contributed by atoms with Crippen LogP contribution in [0.5, 0.6) is 0 Å². The Morgan fingerprint density at radius 1 is 0.840 bits per heavy atom. The Morgan fingerprint density at radius 2 is 1.44 bits per heavy atom. The van der Waals surface area contributed by atoms with E-state index in [-0.39, 0.29) is 6.10 Å². The number of ether oxygens (including phenoxy) is 1. The van der Waals surface area contributed by atoms with Gasteiger partial charge in [-0.1, -0.05) is 78.4 Å². The Bertz CT molecular complexity index is 860. The molecule has 1 atom stereocenters. The summed E-state index contributed by atoms with van der Waals surface area (Å²) in [6.07, 6.45) is 1.92. The van der Waals surface area contributed by atoms with Crippen molar-refractivity contribution in [2.75, 3.05) is 7.11 Å². The van der Waals surface area contributed by atoms with Crippen molar-refractivity contribution in [2.45, 2.75) is 18.4 Å². The first-order valence-electron chi connectivity index (χ1n) is 8.55. The molecule has 0 N–H and O–H groups in total. The second-order valence-electron chi connectivity index (χ2n) is 6.54. The molecule has 4 rings (SSSR count). The van der Waals surface area contributed by atoms with Crippen LogP contribution in [0.15, 0.2) is 83.9 Å². The minimum absolute atomic E-state index is 0.135. The number of benzene rings is 3. The van der Waals surface area contributed by atoms with E-state index >= 15 is 0 Å². The average molecular weight is 327 g/mol. The van der Waals surface area contributed by atoms with E-state index in [2.05, 4.69) is 79.9 Å². The van der Waals surface area contributed by atoms with Gasteiger partial charge in [0.05, 0.1) is 11.1 Å². The lowest BCUT2D eigenvalue weighted by Gasteiger charge is -2.41. The summed E-state index contributed by atoms with van der Waals surface area (Å²) in [6.45, 7) is 2.11. The van der Waals surface area contributed by atoms with E-state index < -0.39 is 5.41 Å². The van der Waals surface area contributed by atoms with Crippen molar-refractivity contribution in [3.63, 3.8) is 0 Å². The fraction of sp³-hybridized carbons (Fsp3) is 0.174. The molecule has 0 aromatic heterocycles. The second kappa shape index (κ2) is 6.30. The summed E-state index contributed by atoms with van der Waals surface area (Å²) in [5.74, 6) is 0. The van der Waals surface area contributed by atoms with Crippen molar-refractivity contribution in [3.8, 4) is 0 Å². The topological polar surface area (TPSA) is 21.6 Å². The van der Waals surface area contributed by atoms with Crippen molar-refractivity contribution < 1.29 is 4.74 Å². The molecule has 1 aliphatic heterocycles. The molecule has 0 amide bonds. The quantitative estimate of drug-likeness (QED) is 0.632. The molecule has 3 aromatic rings. The highest BCUT2D eigenvalue weighted by atomic mass is 16.5. The van der Waals surface area contributed by atoms with Gasteiger partial charge in [0.25, 0.3) is 0 Å². The molecule has 0 saturated carbocycles. The summed E-state index contributed by atoms with van der Waals surface area (Å²) in [7, 11) is 1.79. The number of methoxy groups -OCH3 is 1. The molecule has 2 nitrogen and oxygen atoms in total. The van der Waals surface area contributed by atoms with E-state index in [0.717, 1.165) is 11.3 Å². The average Bonchev–Trinajstić information content (AvgIpc) is 2.68. The summed E-state index contributed by atoms with van der Waals surface area (Å²) in [5.41, 5.74) is 5.26. The van der Waals surface area contributed by atoms with Crippen molar-refractivity contribution >= 4 is 11.9 Å². The first-order valence-corrected chi connectivity index (χ1v) is 8.55. The van der Waals surface area contributed by atoms with Crippen LogP contribution in [0.25, 0.3) is 0 Å². The minimum Gasteiger partial charge on any atom is -0.375 e. The number of fused-ring (bicyclic) bond motifs is 1. The predicted octanol–water partition coefficient (Wildman–Crippen LogP) is 5.38. The number of hydrogen-bond donors (Lipinski definition) is 0. The lowest BCUT2D eigenvalue weighted by Crippen LogP contribution is -2.39. The third-order valence-corrected chi connectivity index (χ3v) is 5.02. The zero-order valence-electron chi connectivity index (χ0n) is 14.5. The molecule has 1 heterocycles. The maximum atomic E-state index is 6.11. The third kappa shape index (κ3) is 2.50. The summed E-state index contributed by atoms with van der Waals surface area (Å²) >= 11 is 0. The van der Waals surface area contributed by atoms with Crippen LogP contribution in [0.3, 0.4) is 0 Å². The van der Waals surface area contributed by atoms with Crippen molar-refractivity contribution in [3.05, 3.63) is 101 Å². The van der Waals surface area contributed by atoms with Crippen LogP contribution in [0, 0.1) is 6.92 Å². The summed E-state index contributed by atoms with van der Waals surface area (Å²) in [4.78, 5) is 4.83. The maximum absolute atomic E-state index is 6.11. The highest BCUT2D eigenvalue weighted by Gasteiger charge is 2.45. The normalized spacial score (nSPS) is 17.9. The van der Waals surface area contributed by atoms with Crippen molar-refractivity contribution in [1.82, 2.24) is 0 Å². The van der Waals surface area contributed by atoms with Crippen LogP contribution in [-0.4, -0.2) is 13.3 Å². The summed E-state index contributed by atoms with van der Waals surface area (Å²) < 4.78 is 6.11. The molecule has 25 heavy (non-hydrogen) atoms. The van der Waals surface area contributed by atoms with Crippen molar-refractivity contribution in [1.29, 1.82) is 0 Å². The monoisotopic (exact) mass is 327 g/mol. The van der Waals surface area contributed by atoms with Gasteiger partial charge < -0.3 is 4.74 Å². The van der Waals surface area contributed by atoms with Gasteiger partial charge in [-0.05, 0) is 24.1 Å². The first kappa shape index (κ1) is 15.8. The molecule has 1 unspecified atom stereocenters. The van der Waals surface area contributed by atoms with E-state index in [1.807, 2.05) is 12.1 Å². The standard InChI is InChI=1S/C23H21NO/c1-17-13-14-21-20(15-17)22(25-2)23(16-24-21,18-9-5-3-6-10-18)19-11-7-4-8-12-19/h3-16,22H,1-2H3. The van der Waals surface area contributed by atoms with Crippen LogP contribution in [-0.2, 0) is 10.2 Å². The smallest absolute Gasteiger partial charge is 0.103 e. The number of aliphatic imine (C=N–C) groups is 1. The zero-order chi connectivity index (χ0) is 17.3. The van der Waals surface area contributed by atoms with Gasteiger partial charge in [-0.2, -0.15) is 0 Å². The number of rotatable bonds is 3. The van der Waals surface area contributed by atoms with Gasteiger partial charge in [0.2, 0.25) is 0 Å². The molecular formula is C23H21NO. The largest absolute Gasteiger partial charge is 0.375 e. The Labute approximate surface area is 148 Å². The number of hydrogen-bond acceptors (Lipinski definition) is 2. The molecule has 0 bridgehead atoms. The summed E-state index contributed by atoms with van der Waals surface area (Å²) in [6, 6.07) is 27.4.